The van der Waals surface area contributed by atoms with Crippen molar-refractivity contribution in [2.45, 2.75) is 47.5 Å². The number of anilines is 1. The van der Waals surface area contributed by atoms with Crippen molar-refractivity contribution in [1.82, 2.24) is 19.9 Å². The van der Waals surface area contributed by atoms with Crippen LogP contribution >= 0.6 is 0 Å². The Kier molecular flexibility index (Phi) is 5.39. The normalized spacial score (nSPS) is 15.5. The molecule has 0 unspecified atom stereocenters. The monoisotopic (exact) mass is 355 g/mol. The van der Waals surface area contributed by atoms with Gasteiger partial charge in [0, 0.05) is 31.9 Å². The topological polar surface area (TPSA) is 62.2 Å². The number of pyridine rings is 1. The van der Waals surface area contributed by atoms with Gasteiger partial charge >= 0.3 is 0 Å². The minimum Gasteiger partial charge on any atom is -0.356 e. The third-order valence-corrected chi connectivity index (χ3v) is 5.30. The highest BCUT2D eigenvalue weighted by molar-refractivity contribution is 5.96. The van der Waals surface area contributed by atoms with E-state index in [1.54, 1.807) is 0 Å². The van der Waals surface area contributed by atoms with Crippen molar-refractivity contribution in [2.24, 2.45) is 5.92 Å². The Balaban J connectivity index is 2.10. The Morgan fingerprint density at radius 3 is 2.42 bits per heavy atom. The zero-order chi connectivity index (χ0) is 18.8. The molecule has 0 radical (unpaired) electrons. The van der Waals surface area contributed by atoms with Crippen LogP contribution < -0.4 is 4.90 Å². The van der Waals surface area contributed by atoms with Crippen LogP contribution in [0.5, 0.6) is 0 Å². The number of likely N-dealkylation sites (tertiary alicyclic amines) is 1. The van der Waals surface area contributed by atoms with E-state index in [2.05, 4.69) is 42.6 Å². The molecule has 0 aromatic carbocycles. The lowest BCUT2D eigenvalue weighted by Crippen LogP contribution is -2.39. The van der Waals surface area contributed by atoms with Crippen LogP contribution in [-0.4, -0.2) is 51.9 Å². The first-order valence-corrected chi connectivity index (χ1v) is 9.64. The van der Waals surface area contributed by atoms with E-state index >= 15 is 0 Å². The number of aryl methyl sites for hydroxylation is 2. The molecule has 2 aromatic rings. The van der Waals surface area contributed by atoms with Gasteiger partial charge in [-0.2, -0.15) is 0 Å². The first-order chi connectivity index (χ1) is 12.4. The van der Waals surface area contributed by atoms with Crippen molar-refractivity contribution in [3.63, 3.8) is 0 Å². The van der Waals surface area contributed by atoms with Gasteiger partial charge in [-0.25, -0.2) is 15.0 Å². The fourth-order valence-electron chi connectivity index (χ4n) is 3.66. The molecule has 1 amide bonds. The van der Waals surface area contributed by atoms with Crippen molar-refractivity contribution in [1.29, 1.82) is 0 Å². The SMILES string of the molecule is CCN(CC)c1nc(C(=O)N2CCC(C)CC2)nc2nc(C)cc(C)c12. The second-order valence-corrected chi connectivity index (χ2v) is 7.30. The Bertz CT molecular complexity index is 807. The lowest BCUT2D eigenvalue weighted by molar-refractivity contribution is 0.0685. The van der Waals surface area contributed by atoms with Crippen LogP contribution in [0.15, 0.2) is 6.07 Å². The summed E-state index contributed by atoms with van der Waals surface area (Å²) in [5.74, 6) is 1.69. The Morgan fingerprint density at radius 2 is 1.81 bits per heavy atom. The van der Waals surface area contributed by atoms with Crippen molar-refractivity contribution in [3.05, 3.63) is 23.1 Å². The Hall–Kier alpha value is -2.24. The van der Waals surface area contributed by atoms with Gasteiger partial charge in [-0.05, 0) is 58.1 Å². The minimum absolute atomic E-state index is 0.0758. The number of rotatable bonds is 4. The van der Waals surface area contributed by atoms with Crippen molar-refractivity contribution < 1.29 is 4.79 Å². The molecule has 6 heteroatoms. The maximum Gasteiger partial charge on any atom is 0.291 e. The summed E-state index contributed by atoms with van der Waals surface area (Å²) in [6, 6.07) is 2.05. The number of hydrogen-bond acceptors (Lipinski definition) is 5. The molecule has 1 saturated heterocycles. The highest BCUT2D eigenvalue weighted by Crippen LogP contribution is 2.27. The third kappa shape index (κ3) is 3.50. The van der Waals surface area contributed by atoms with Crippen LogP contribution in [0.1, 0.15) is 55.5 Å². The zero-order valence-electron chi connectivity index (χ0n) is 16.5. The number of piperidine rings is 1. The number of aromatic nitrogens is 3. The molecule has 1 aliphatic rings. The van der Waals surface area contributed by atoms with Gasteiger partial charge in [0.15, 0.2) is 5.65 Å². The summed E-state index contributed by atoms with van der Waals surface area (Å²) in [6.07, 6.45) is 2.08. The van der Waals surface area contributed by atoms with Crippen LogP contribution in [0.2, 0.25) is 0 Å². The standard InChI is InChI=1S/C20H29N5O/c1-6-24(7-2)19-16-14(4)12-15(5)21-17(16)22-18(23-19)20(26)25-10-8-13(3)9-11-25/h12-13H,6-11H2,1-5H3. The van der Waals surface area contributed by atoms with E-state index in [0.717, 1.165) is 61.5 Å². The summed E-state index contributed by atoms with van der Waals surface area (Å²) in [4.78, 5) is 31.0. The van der Waals surface area contributed by atoms with E-state index in [4.69, 9.17) is 4.98 Å². The average Bonchev–Trinajstić information content (AvgIpc) is 2.62. The van der Waals surface area contributed by atoms with Crippen LogP contribution in [0.4, 0.5) is 5.82 Å². The fourth-order valence-corrected chi connectivity index (χ4v) is 3.66. The molecule has 26 heavy (non-hydrogen) atoms. The summed E-state index contributed by atoms with van der Waals surface area (Å²) >= 11 is 0. The van der Waals surface area contributed by atoms with Crippen molar-refractivity contribution in [3.8, 4) is 0 Å². The maximum absolute atomic E-state index is 13.0. The minimum atomic E-state index is -0.0758. The second kappa shape index (κ2) is 7.56. The van der Waals surface area contributed by atoms with Crippen molar-refractivity contribution in [2.75, 3.05) is 31.1 Å². The molecule has 0 aliphatic carbocycles. The molecule has 1 fully saturated rings. The first-order valence-electron chi connectivity index (χ1n) is 9.64. The zero-order valence-corrected chi connectivity index (χ0v) is 16.5. The predicted octanol–water partition coefficient (Wildman–Crippen LogP) is 3.36. The van der Waals surface area contributed by atoms with Gasteiger partial charge in [0.1, 0.15) is 5.82 Å². The van der Waals surface area contributed by atoms with E-state index in [1.165, 1.54) is 0 Å². The molecular weight excluding hydrogens is 326 g/mol. The predicted molar refractivity (Wildman–Crippen MR) is 105 cm³/mol. The van der Waals surface area contributed by atoms with E-state index in [9.17, 15) is 4.79 Å². The molecule has 0 spiro atoms. The molecule has 2 aromatic heterocycles. The highest BCUT2D eigenvalue weighted by Gasteiger charge is 2.26. The molecule has 0 N–H and O–H groups in total. The summed E-state index contributed by atoms with van der Waals surface area (Å²) in [5, 5.41) is 0.947. The number of fused-ring (bicyclic) bond motifs is 1. The number of amides is 1. The van der Waals surface area contributed by atoms with E-state index < -0.39 is 0 Å². The fraction of sp³-hybridized carbons (Fsp3) is 0.600. The number of carbonyl (C=O) groups excluding carboxylic acids is 1. The Labute approximate surface area is 155 Å². The molecule has 3 heterocycles. The summed E-state index contributed by atoms with van der Waals surface area (Å²) in [7, 11) is 0. The van der Waals surface area contributed by atoms with Crippen molar-refractivity contribution >= 4 is 22.8 Å². The molecule has 1 aliphatic heterocycles. The highest BCUT2D eigenvalue weighted by atomic mass is 16.2. The molecule has 6 nitrogen and oxygen atoms in total. The van der Waals surface area contributed by atoms with Gasteiger partial charge in [0.25, 0.3) is 5.91 Å². The van der Waals surface area contributed by atoms with Crippen LogP contribution in [0, 0.1) is 19.8 Å². The van der Waals surface area contributed by atoms with Gasteiger partial charge in [-0.1, -0.05) is 6.92 Å². The maximum atomic E-state index is 13.0. The largest absolute Gasteiger partial charge is 0.356 e. The number of hydrogen-bond donors (Lipinski definition) is 0. The molecule has 140 valence electrons. The molecule has 0 bridgehead atoms. The molecule has 0 atom stereocenters. The van der Waals surface area contributed by atoms with Gasteiger partial charge in [-0.15, -0.1) is 0 Å². The third-order valence-electron chi connectivity index (χ3n) is 5.30. The van der Waals surface area contributed by atoms with E-state index in [1.807, 2.05) is 17.9 Å². The molecular formula is C20H29N5O. The van der Waals surface area contributed by atoms with Gasteiger partial charge in [0.05, 0.1) is 5.39 Å². The van der Waals surface area contributed by atoms with E-state index in [0.29, 0.717) is 11.6 Å². The lowest BCUT2D eigenvalue weighted by Gasteiger charge is -2.30. The summed E-state index contributed by atoms with van der Waals surface area (Å²) < 4.78 is 0. The second-order valence-electron chi connectivity index (χ2n) is 7.30. The summed E-state index contributed by atoms with van der Waals surface area (Å²) in [6.45, 7) is 13.7. The smallest absolute Gasteiger partial charge is 0.291 e. The van der Waals surface area contributed by atoms with Crippen LogP contribution in [-0.2, 0) is 0 Å². The van der Waals surface area contributed by atoms with E-state index in [-0.39, 0.29) is 11.7 Å². The van der Waals surface area contributed by atoms with Gasteiger partial charge in [-0.3, -0.25) is 4.79 Å². The number of nitrogens with zero attached hydrogens (tertiary/aromatic N) is 5. The van der Waals surface area contributed by atoms with Crippen LogP contribution in [0.3, 0.4) is 0 Å². The number of carbonyl (C=O) groups is 1. The molecule has 0 saturated carbocycles. The summed E-state index contributed by atoms with van der Waals surface area (Å²) in [5.41, 5.74) is 2.62. The van der Waals surface area contributed by atoms with Gasteiger partial charge in [0.2, 0.25) is 5.82 Å². The molecule has 3 rings (SSSR count). The first kappa shape index (κ1) is 18.5. The average molecular weight is 355 g/mol. The quantitative estimate of drug-likeness (QED) is 0.841. The Morgan fingerprint density at radius 1 is 1.15 bits per heavy atom. The van der Waals surface area contributed by atoms with Crippen LogP contribution in [0.25, 0.3) is 11.0 Å². The van der Waals surface area contributed by atoms with Gasteiger partial charge < -0.3 is 9.80 Å². The lowest BCUT2D eigenvalue weighted by atomic mass is 9.99.